The summed E-state index contributed by atoms with van der Waals surface area (Å²) in [6, 6.07) is 6.17. The van der Waals surface area contributed by atoms with Crippen LogP contribution in [0.25, 0.3) is 5.69 Å². The number of nitrogen functional groups attached to an aromatic ring is 1. The number of hydrogen-bond acceptors (Lipinski definition) is 2. The van der Waals surface area contributed by atoms with Gasteiger partial charge in [-0.3, -0.25) is 5.41 Å². The summed E-state index contributed by atoms with van der Waals surface area (Å²) in [6.07, 6.45) is 1.63. The molecule has 1 heterocycles. The van der Waals surface area contributed by atoms with E-state index in [-0.39, 0.29) is 5.84 Å². The van der Waals surface area contributed by atoms with Crippen molar-refractivity contribution in [3.05, 3.63) is 46.8 Å². The Morgan fingerprint density at radius 3 is 2.47 bits per heavy atom. The highest BCUT2D eigenvalue weighted by molar-refractivity contribution is 5.95. The average molecular weight is 228 g/mol. The van der Waals surface area contributed by atoms with Gasteiger partial charge in [-0.25, -0.2) is 4.68 Å². The van der Waals surface area contributed by atoms with E-state index in [1.165, 1.54) is 11.1 Å². The Kier molecular flexibility index (Phi) is 2.71. The summed E-state index contributed by atoms with van der Waals surface area (Å²) in [5.74, 6) is 0.0533. The summed E-state index contributed by atoms with van der Waals surface area (Å²) in [5, 5.41) is 11.7. The van der Waals surface area contributed by atoms with Crippen LogP contribution < -0.4 is 5.73 Å². The van der Waals surface area contributed by atoms with Gasteiger partial charge in [0.05, 0.1) is 23.1 Å². The first kappa shape index (κ1) is 11.4. The molecule has 0 atom stereocenters. The predicted molar refractivity (Wildman–Crippen MR) is 68.8 cm³/mol. The van der Waals surface area contributed by atoms with E-state index in [0.29, 0.717) is 5.56 Å². The molecule has 0 radical (unpaired) electrons. The van der Waals surface area contributed by atoms with Crippen molar-refractivity contribution in [3.63, 3.8) is 0 Å². The minimum atomic E-state index is 0.0533. The summed E-state index contributed by atoms with van der Waals surface area (Å²) in [5.41, 5.74) is 10.5. The van der Waals surface area contributed by atoms with Crippen molar-refractivity contribution >= 4 is 5.84 Å². The zero-order valence-corrected chi connectivity index (χ0v) is 10.3. The number of benzene rings is 1. The molecule has 4 nitrogen and oxygen atoms in total. The Labute approximate surface area is 101 Å². The van der Waals surface area contributed by atoms with Gasteiger partial charge in [-0.15, -0.1) is 0 Å². The fourth-order valence-corrected chi connectivity index (χ4v) is 1.79. The lowest BCUT2D eigenvalue weighted by Gasteiger charge is -2.07. The van der Waals surface area contributed by atoms with Crippen LogP contribution in [0.1, 0.15) is 22.4 Å². The van der Waals surface area contributed by atoms with Crippen LogP contribution >= 0.6 is 0 Å². The van der Waals surface area contributed by atoms with Gasteiger partial charge in [0.15, 0.2) is 0 Å². The maximum Gasteiger partial charge on any atom is 0.126 e. The van der Waals surface area contributed by atoms with E-state index < -0.39 is 0 Å². The molecule has 17 heavy (non-hydrogen) atoms. The summed E-state index contributed by atoms with van der Waals surface area (Å²) in [7, 11) is 0. The van der Waals surface area contributed by atoms with Gasteiger partial charge >= 0.3 is 0 Å². The van der Waals surface area contributed by atoms with Crippen LogP contribution in [0.15, 0.2) is 24.4 Å². The standard InChI is InChI=1S/C13H16N4/c1-8-4-5-11(6-9(8)2)17-10(3)12(7-16-17)13(14)15/h4-7H,1-3H3,(H3,14,15). The van der Waals surface area contributed by atoms with Crippen molar-refractivity contribution in [3.8, 4) is 5.69 Å². The molecule has 0 aliphatic heterocycles. The first-order valence-electron chi connectivity index (χ1n) is 5.47. The molecule has 1 aromatic heterocycles. The molecule has 0 spiro atoms. The van der Waals surface area contributed by atoms with Crippen LogP contribution in [0.5, 0.6) is 0 Å². The van der Waals surface area contributed by atoms with Gasteiger partial charge in [0.25, 0.3) is 0 Å². The number of aromatic nitrogens is 2. The molecule has 0 saturated carbocycles. The van der Waals surface area contributed by atoms with Gasteiger partial charge in [0.2, 0.25) is 0 Å². The molecule has 1 aromatic carbocycles. The third-order valence-electron chi connectivity index (χ3n) is 3.04. The van der Waals surface area contributed by atoms with E-state index in [9.17, 15) is 0 Å². The highest BCUT2D eigenvalue weighted by Crippen LogP contribution is 2.17. The van der Waals surface area contributed by atoms with Gasteiger partial charge in [-0.05, 0) is 44.0 Å². The molecule has 2 aromatic rings. The largest absolute Gasteiger partial charge is 0.384 e. The minimum absolute atomic E-state index is 0.0533. The molecule has 0 unspecified atom stereocenters. The molecule has 3 N–H and O–H groups in total. The molecule has 0 aliphatic rings. The highest BCUT2D eigenvalue weighted by atomic mass is 15.3. The minimum Gasteiger partial charge on any atom is -0.384 e. The van der Waals surface area contributed by atoms with Crippen LogP contribution in [-0.2, 0) is 0 Å². The van der Waals surface area contributed by atoms with Crippen molar-refractivity contribution < 1.29 is 0 Å². The number of nitrogens with one attached hydrogen (secondary N) is 1. The van der Waals surface area contributed by atoms with Crippen LogP contribution in [-0.4, -0.2) is 15.6 Å². The Balaban J connectivity index is 2.53. The second kappa shape index (κ2) is 4.05. The molecule has 0 aliphatic carbocycles. The monoisotopic (exact) mass is 228 g/mol. The van der Waals surface area contributed by atoms with Gasteiger partial charge in [0.1, 0.15) is 5.84 Å². The topological polar surface area (TPSA) is 67.7 Å². The molecule has 0 amide bonds. The van der Waals surface area contributed by atoms with Crippen LogP contribution in [0.4, 0.5) is 0 Å². The first-order chi connectivity index (χ1) is 8.00. The predicted octanol–water partition coefficient (Wildman–Crippen LogP) is 2.08. The summed E-state index contributed by atoms with van der Waals surface area (Å²) < 4.78 is 1.81. The number of rotatable bonds is 2. The third kappa shape index (κ3) is 1.93. The van der Waals surface area contributed by atoms with Gasteiger partial charge in [-0.1, -0.05) is 6.07 Å². The fraction of sp³-hybridized carbons (Fsp3) is 0.231. The molecule has 2 rings (SSSR count). The fourth-order valence-electron chi connectivity index (χ4n) is 1.79. The van der Waals surface area contributed by atoms with Gasteiger partial charge in [-0.2, -0.15) is 5.10 Å². The molecular weight excluding hydrogens is 212 g/mol. The Morgan fingerprint density at radius 1 is 1.24 bits per heavy atom. The SMILES string of the molecule is Cc1ccc(-n2ncc(C(=N)N)c2C)cc1C. The molecule has 88 valence electrons. The van der Waals surface area contributed by atoms with E-state index in [1.54, 1.807) is 6.20 Å². The Morgan fingerprint density at radius 2 is 1.94 bits per heavy atom. The molecule has 4 heteroatoms. The number of aryl methyl sites for hydroxylation is 2. The molecule has 0 fully saturated rings. The third-order valence-corrected chi connectivity index (χ3v) is 3.04. The van der Waals surface area contributed by atoms with Crippen molar-refractivity contribution in [1.29, 1.82) is 5.41 Å². The number of hydrogen-bond donors (Lipinski definition) is 2. The second-order valence-corrected chi connectivity index (χ2v) is 4.24. The lowest BCUT2D eigenvalue weighted by atomic mass is 10.1. The zero-order chi connectivity index (χ0) is 12.6. The van der Waals surface area contributed by atoms with Crippen LogP contribution in [0.3, 0.4) is 0 Å². The number of amidine groups is 1. The van der Waals surface area contributed by atoms with Gasteiger partial charge < -0.3 is 5.73 Å². The van der Waals surface area contributed by atoms with Crippen molar-refractivity contribution in [2.24, 2.45) is 5.73 Å². The summed E-state index contributed by atoms with van der Waals surface area (Å²) in [4.78, 5) is 0. The van der Waals surface area contributed by atoms with Crippen LogP contribution in [0.2, 0.25) is 0 Å². The second-order valence-electron chi connectivity index (χ2n) is 4.24. The van der Waals surface area contributed by atoms with E-state index in [2.05, 4.69) is 31.1 Å². The van der Waals surface area contributed by atoms with E-state index in [1.807, 2.05) is 17.7 Å². The lowest BCUT2D eigenvalue weighted by Crippen LogP contribution is -2.12. The highest BCUT2D eigenvalue weighted by Gasteiger charge is 2.10. The maximum atomic E-state index is 7.45. The normalized spacial score (nSPS) is 10.5. The maximum absolute atomic E-state index is 7.45. The summed E-state index contributed by atoms with van der Waals surface area (Å²) in [6.45, 7) is 6.07. The van der Waals surface area contributed by atoms with E-state index in [0.717, 1.165) is 11.4 Å². The van der Waals surface area contributed by atoms with Crippen LogP contribution in [0, 0.1) is 26.2 Å². The lowest BCUT2D eigenvalue weighted by molar-refractivity contribution is 0.845. The number of nitrogens with two attached hydrogens (primary N) is 1. The van der Waals surface area contributed by atoms with Crippen molar-refractivity contribution in [2.75, 3.05) is 0 Å². The average Bonchev–Trinajstić information content (AvgIpc) is 2.64. The van der Waals surface area contributed by atoms with E-state index >= 15 is 0 Å². The van der Waals surface area contributed by atoms with Crippen molar-refractivity contribution in [2.45, 2.75) is 20.8 Å². The smallest absolute Gasteiger partial charge is 0.126 e. The first-order valence-corrected chi connectivity index (χ1v) is 5.47. The molecule has 0 bridgehead atoms. The van der Waals surface area contributed by atoms with E-state index in [4.69, 9.17) is 11.1 Å². The quantitative estimate of drug-likeness (QED) is 0.610. The van der Waals surface area contributed by atoms with Gasteiger partial charge in [0, 0.05) is 0 Å². The molecule has 0 saturated heterocycles. The Bertz CT molecular complexity index is 581. The zero-order valence-electron chi connectivity index (χ0n) is 10.3. The molecular formula is C13H16N4. The Hall–Kier alpha value is -2.10. The number of nitrogens with zero attached hydrogens (tertiary/aromatic N) is 2. The summed E-state index contributed by atoms with van der Waals surface area (Å²) >= 11 is 0. The van der Waals surface area contributed by atoms with Crippen molar-refractivity contribution in [1.82, 2.24) is 9.78 Å².